The molecule has 0 atom stereocenters. The highest BCUT2D eigenvalue weighted by Crippen LogP contribution is 2.43. The van der Waals surface area contributed by atoms with Crippen molar-refractivity contribution in [3.8, 4) is 11.5 Å². The number of rotatable bonds is 0. The molecule has 26 heavy (non-hydrogen) atoms. The van der Waals surface area contributed by atoms with Crippen LogP contribution in [0.3, 0.4) is 0 Å². The number of ether oxygens (including phenoxy) is 3. The van der Waals surface area contributed by atoms with Gasteiger partial charge < -0.3 is 24.1 Å². The van der Waals surface area contributed by atoms with E-state index in [1.807, 2.05) is 18.2 Å². The van der Waals surface area contributed by atoms with Crippen LogP contribution in [-0.4, -0.2) is 17.3 Å². The minimum atomic E-state index is -0.288. The fourth-order valence-electron chi connectivity index (χ4n) is 4.13. The van der Waals surface area contributed by atoms with Gasteiger partial charge in [0.15, 0.2) is 11.5 Å². The third kappa shape index (κ3) is 1.77. The minimum Gasteiger partial charge on any atom is -0.460 e. The van der Waals surface area contributed by atoms with Crippen LogP contribution in [0.25, 0.3) is 5.70 Å². The molecule has 0 fully saturated rings. The Hall–Kier alpha value is -3.22. The number of anilines is 1. The zero-order valence-corrected chi connectivity index (χ0v) is 13.8. The molecule has 0 bridgehead atoms. The number of pyridine rings is 1. The number of hydrogen-bond donors (Lipinski definition) is 1. The molecule has 0 saturated carbocycles. The van der Waals surface area contributed by atoms with Crippen molar-refractivity contribution >= 4 is 17.4 Å². The highest BCUT2D eigenvalue weighted by molar-refractivity contribution is 5.86. The van der Waals surface area contributed by atoms with Crippen LogP contribution in [0, 0.1) is 0 Å². The zero-order chi connectivity index (χ0) is 17.4. The Labute approximate surface area is 147 Å². The second-order valence-electron chi connectivity index (χ2n) is 6.91. The molecule has 4 aliphatic rings. The first kappa shape index (κ1) is 14.0. The summed E-state index contributed by atoms with van der Waals surface area (Å²) in [5, 5.41) is 3.46. The monoisotopic (exact) mass is 350 g/mol. The molecule has 7 nitrogen and oxygen atoms in total. The van der Waals surface area contributed by atoms with Gasteiger partial charge in [0.1, 0.15) is 6.61 Å². The standard InChI is InChI=1S/C19H14N2O5/c22-17-4-9-2-14-18-11(6-21(14)19(23)12(9)7-24-17)1-10-3-15-16(26-8-25-15)5-13(10)20-18/h2-3,5,20H,1,4,6-8H2. The van der Waals surface area contributed by atoms with Crippen LogP contribution < -0.4 is 20.3 Å². The maximum atomic E-state index is 12.9. The maximum absolute atomic E-state index is 12.9. The van der Waals surface area contributed by atoms with Gasteiger partial charge in [-0.3, -0.25) is 9.59 Å². The third-order valence-corrected chi connectivity index (χ3v) is 5.43. The molecule has 0 spiro atoms. The predicted molar refractivity (Wildman–Crippen MR) is 91.0 cm³/mol. The second kappa shape index (κ2) is 4.69. The van der Waals surface area contributed by atoms with Gasteiger partial charge in [-0.2, -0.15) is 0 Å². The van der Waals surface area contributed by atoms with E-state index in [4.69, 9.17) is 14.2 Å². The molecule has 6 rings (SSSR count). The van der Waals surface area contributed by atoms with Gasteiger partial charge in [-0.25, -0.2) is 0 Å². The van der Waals surface area contributed by atoms with Crippen molar-refractivity contribution in [3.05, 3.63) is 56.5 Å². The van der Waals surface area contributed by atoms with Crippen molar-refractivity contribution < 1.29 is 19.0 Å². The van der Waals surface area contributed by atoms with Gasteiger partial charge in [0, 0.05) is 18.3 Å². The number of carbonyl (C=O) groups is 1. The Balaban J connectivity index is 1.46. The lowest BCUT2D eigenvalue weighted by atomic mass is 9.96. The largest absolute Gasteiger partial charge is 0.460 e. The average molecular weight is 350 g/mol. The normalized spacial score (nSPS) is 18.5. The molecule has 2 aromatic rings. The Morgan fingerprint density at radius 1 is 0.962 bits per heavy atom. The van der Waals surface area contributed by atoms with Gasteiger partial charge in [-0.15, -0.1) is 0 Å². The smallest absolute Gasteiger partial charge is 0.310 e. The third-order valence-electron chi connectivity index (χ3n) is 5.43. The number of fused-ring (bicyclic) bond motifs is 5. The van der Waals surface area contributed by atoms with E-state index in [1.165, 1.54) is 0 Å². The molecular formula is C19H14N2O5. The Morgan fingerprint density at radius 3 is 2.69 bits per heavy atom. The second-order valence-corrected chi connectivity index (χ2v) is 6.91. The first-order chi connectivity index (χ1) is 12.7. The highest BCUT2D eigenvalue weighted by Gasteiger charge is 2.32. The number of esters is 1. The topological polar surface area (TPSA) is 78.8 Å². The Morgan fingerprint density at radius 2 is 1.81 bits per heavy atom. The maximum Gasteiger partial charge on any atom is 0.310 e. The lowest BCUT2D eigenvalue weighted by Crippen LogP contribution is -2.30. The molecule has 7 heteroatoms. The Bertz CT molecular complexity index is 1110. The molecule has 0 unspecified atom stereocenters. The van der Waals surface area contributed by atoms with Crippen molar-refractivity contribution in [1.82, 2.24) is 4.57 Å². The summed E-state index contributed by atoms with van der Waals surface area (Å²) in [6.07, 6.45) is 0.895. The average Bonchev–Trinajstić information content (AvgIpc) is 3.22. The molecular weight excluding hydrogens is 336 g/mol. The van der Waals surface area contributed by atoms with E-state index in [0.29, 0.717) is 12.1 Å². The first-order valence-electron chi connectivity index (χ1n) is 8.50. The van der Waals surface area contributed by atoms with Crippen molar-refractivity contribution in [2.24, 2.45) is 0 Å². The number of nitrogens with zero attached hydrogens (tertiary/aromatic N) is 1. The van der Waals surface area contributed by atoms with Crippen LogP contribution in [-0.2, 0) is 35.5 Å². The van der Waals surface area contributed by atoms with Crippen LogP contribution in [0.2, 0.25) is 0 Å². The van der Waals surface area contributed by atoms with Crippen molar-refractivity contribution in [1.29, 1.82) is 0 Å². The number of allylic oxidation sites excluding steroid dienone is 1. The van der Waals surface area contributed by atoms with E-state index >= 15 is 0 Å². The van der Waals surface area contributed by atoms with Gasteiger partial charge in [0.05, 0.1) is 23.4 Å². The summed E-state index contributed by atoms with van der Waals surface area (Å²) >= 11 is 0. The van der Waals surface area contributed by atoms with Crippen LogP contribution >= 0.6 is 0 Å². The summed E-state index contributed by atoms with van der Waals surface area (Å²) < 4.78 is 17.7. The Kier molecular flexibility index (Phi) is 2.53. The summed E-state index contributed by atoms with van der Waals surface area (Å²) in [7, 11) is 0. The summed E-state index contributed by atoms with van der Waals surface area (Å²) in [6.45, 7) is 0.852. The molecule has 130 valence electrons. The van der Waals surface area contributed by atoms with Crippen LogP contribution in [0.4, 0.5) is 5.69 Å². The molecule has 5 heterocycles. The predicted octanol–water partition coefficient (Wildman–Crippen LogP) is 1.57. The molecule has 1 N–H and O–H groups in total. The number of nitrogens with one attached hydrogen (secondary N) is 1. The number of benzene rings is 1. The van der Waals surface area contributed by atoms with Gasteiger partial charge >= 0.3 is 5.97 Å². The van der Waals surface area contributed by atoms with Gasteiger partial charge in [-0.05, 0) is 35.3 Å². The van der Waals surface area contributed by atoms with Crippen LogP contribution in [0.5, 0.6) is 11.5 Å². The van der Waals surface area contributed by atoms with E-state index < -0.39 is 0 Å². The number of aromatic nitrogens is 1. The van der Waals surface area contributed by atoms with E-state index in [0.717, 1.165) is 51.7 Å². The molecule has 1 aromatic heterocycles. The molecule has 0 saturated heterocycles. The number of carbonyl (C=O) groups excluding carboxylic acids is 1. The van der Waals surface area contributed by atoms with Crippen LogP contribution in [0.1, 0.15) is 22.4 Å². The fraction of sp³-hybridized carbons (Fsp3) is 0.263. The summed E-state index contributed by atoms with van der Waals surface area (Å²) in [5.74, 6) is 1.20. The number of hydrogen-bond acceptors (Lipinski definition) is 6. The molecule has 0 radical (unpaired) electrons. The molecule has 1 aromatic carbocycles. The van der Waals surface area contributed by atoms with E-state index in [1.54, 1.807) is 4.57 Å². The van der Waals surface area contributed by atoms with E-state index in [9.17, 15) is 9.59 Å². The van der Waals surface area contributed by atoms with Crippen molar-refractivity contribution in [3.63, 3.8) is 0 Å². The first-order valence-corrected chi connectivity index (χ1v) is 8.50. The SMILES string of the molecule is O=C1Cc2cc3n(c(=O)c2CO1)CC1=C3Nc2cc3c(cc2C1)OCO3. The summed E-state index contributed by atoms with van der Waals surface area (Å²) in [4.78, 5) is 24.5. The molecule has 4 aliphatic heterocycles. The summed E-state index contributed by atoms with van der Waals surface area (Å²) in [6, 6.07) is 5.89. The van der Waals surface area contributed by atoms with Crippen LogP contribution in [0.15, 0.2) is 28.6 Å². The lowest BCUT2D eigenvalue weighted by Gasteiger charge is -2.21. The van der Waals surface area contributed by atoms with E-state index in [-0.39, 0.29) is 31.3 Å². The number of cyclic esters (lactones) is 1. The fourth-order valence-corrected chi connectivity index (χ4v) is 4.13. The highest BCUT2D eigenvalue weighted by atomic mass is 16.7. The van der Waals surface area contributed by atoms with Crippen molar-refractivity contribution in [2.75, 3.05) is 12.1 Å². The van der Waals surface area contributed by atoms with E-state index in [2.05, 4.69) is 5.32 Å². The zero-order valence-electron chi connectivity index (χ0n) is 13.8. The summed E-state index contributed by atoms with van der Waals surface area (Å²) in [5.41, 5.74) is 6.32. The quantitative estimate of drug-likeness (QED) is 0.727. The van der Waals surface area contributed by atoms with Crippen molar-refractivity contribution in [2.45, 2.75) is 26.0 Å². The molecule has 0 aliphatic carbocycles. The lowest BCUT2D eigenvalue weighted by molar-refractivity contribution is -0.145. The minimum absolute atomic E-state index is 0.0625. The van der Waals surface area contributed by atoms with Gasteiger partial charge in [0.2, 0.25) is 6.79 Å². The van der Waals surface area contributed by atoms with Gasteiger partial charge in [-0.1, -0.05) is 0 Å². The molecule has 0 amide bonds. The van der Waals surface area contributed by atoms with Gasteiger partial charge in [0.25, 0.3) is 5.56 Å².